The summed E-state index contributed by atoms with van der Waals surface area (Å²) in [7, 11) is 1.65. The van der Waals surface area contributed by atoms with Crippen molar-refractivity contribution in [3.05, 3.63) is 64.2 Å². The second-order valence-electron chi connectivity index (χ2n) is 7.92. The number of aromatic nitrogens is 1. The van der Waals surface area contributed by atoms with E-state index in [1.807, 2.05) is 35.9 Å². The summed E-state index contributed by atoms with van der Waals surface area (Å²) in [6, 6.07) is 7.95. The average molecular weight is 487 g/mol. The van der Waals surface area contributed by atoms with Gasteiger partial charge in [-0.1, -0.05) is 0 Å². The van der Waals surface area contributed by atoms with Crippen LogP contribution in [0.15, 0.2) is 53.1 Å². The molecular weight excluding hydrogens is 456 g/mol. The summed E-state index contributed by atoms with van der Waals surface area (Å²) < 4.78 is 22.3. The van der Waals surface area contributed by atoms with E-state index < -0.39 is 6.29 Å². The Balaban J connectivity index is 1.36. The lowest BCUT2D eigenvalue weighted by molar-refractivity contribution is -0.151. The molecule has 0 unspecified atom stereocenters. The third-order valence-electron chi connectivity index (χ3n) is 5.67. The van der Waals surface area contributed by atoms with Gasteiger partial charge in [-0.15, -0.1) is 0 Å². The van der Waals surface area contributed by atoms with E-state index in [1.165, 1.54) is 0 Å². The van der Waals surface area contributed by atoms with Gasteiger partial charge in [0.1, 0.15) is 5.75 Å². The lowest BCUT2D eigenvalue weighted by Crippen LogP contribution is -2.34. The third kappa shape index (κ3) is 6.18. The molecule has 1 aliphatic heterocycles. The van der Waals surface area contributed by atoms with Crippen LogP contribution in [-0.4, -0.2) is 62.4 Å². The van der Waals surface area contributed by atoms with Crippen molar-refractivity contribution in [3.63, 3.8) is 0 Å². The van der Waals surface area contributed by atoms with E-state index >= 15 is 0 Å². The number of amides is 1. The molecule has 1 aromatic carbocycles. The van der Waals surface area contributed by atoms with Crippen LogP contribution in [-0.2, 0) is 25.4 Å². The molecule has 4 rings (SSSR count). The second-order valence-corrected chi connectivity index (χ2v) is 8.70. The van der Waals surface area contributed by atoms with E-state index in [0.29, 0.717) is 32.6 Å². The monoisotopic (exact) mass is 486 g/mol. The molecule has 2 atom stereocenters. The lowest BCUT2D eigenvalue weighted by atomic mass is 9.95. The van der Waals surface area contributed by atoms with Crippen molar-refractivity contribution in [1.82, 2.24) is 10.3 Å². The van der Waals surface area contributed by atoms with Gasteiger partial charge >= 0.3 is 0 Å². The Hall–Kier alpha value is -2.85. The number of rotatable bonds is 12. The molecule has 34 heavy (non-hydrogen) atoms. The molecule has 0 saturated heterocycles. The number of nitrogens with one attached hydrogen (secondary N) is 2. The molecule has 1 amide bonds. The summed E-state index contributed by atoms with van der Waals surface area (Å²) in [6.07, 6.45) is 4.57. The highest BCUT2D eigenvalue weighted by molar-refractivity contribution is 7.08. The highest BCUT2D eigenvalue weighted by Gasteiger charge is 2.28. The fraction of sp³-hybridized carbons (Fsp3) is 0.400. The Morgan fingerprint density at radius 3 is 3.00 bits per heavy atom. The lowest BCUT2D eigenvalue weighted by Gasteiger charge is -2.29. The normalized spacial score (nSPS) is 17.9. The Bertz CT molecular complexity index is 1090. The number of aliphatic hydroxyl groups is 1. The van der Waals surface area contributed by atoms with E-state index in [-0.39, 0.29) is 30.8 Å². The maximum Gasteiger partial charge on any atom is 0.286 e. The number of H-pyrrole nitrogens is 1. The van der Waals surface area contributed by atoms with Crippen LogP contribution in [0.4, 0.5) is 0 Å². The highest BCUT2D eigenvalue weighted by Crippen LogP contribution is 2.32. The smallest absolute Gasteiger partial charge is 0.286 e. The number of carbonyl (C=O) groups excluding carboxylic acids is 1. The maximum absolute atomic E-state index is 12.9. The van der Waals surface area contributed by atoms with Crippen LogP contribution in [0.2, 0.25) is 0 Å². The van der Waals surface area contributed by atoms with E-state index in [9.17, 15) is 4.79 Å². The molecule has 0 spiro atoms. The third-order valence-corrected chi connectivity index (χ3v) is 6.38. The zero-order valence-corrected chi connectivity index (χ0v) is 19.9. The molecule has 1 aliphatic rings. The molecule has 0 aliphatic carbocycles. The first kappa shape index (κ1) is 24.3. The number of hydrogen-bond acceptors (Lipinski definition) is 7. The summed E-state index contributed by atoms with van der Waals surface area (Å²) in [4.78, 5) is 16.2. The molecule has 3 aromatic rings. The van der Waals surface area contributed by atoms with Gasteiger partial charge in [0, 0.05) is 36.0 Å². The van der Waals surface area contributed by atoms with Gasteiger partial charge in [0.25, 0.3) is 5.91 Å². The SMILES string of the molecule is COc1ccc2[nH]cc(CCNC(=O)C3=C[C@H](c4ccsc4)C[C@H](OCCOCCO)O3)c2c1. The van der Waals surface area contributed by atoms with Crippen molar-refractivity contribution in [3.8, 4) is 5.75 Å². The Morgan fingerprint density at radius 1 is 1.29 bits per heavy atom. The van der Waals surface area contributed by atoms with Crippen LogP contribution < -0.4 is 10.1 Å². The average Bonchev–Trinajstić information content (AvgIpc) is 3.54. The van der Waals surface area contributed by atoms with Gasteiger partial charge < -0.3 is 34.4 Å². The first-order valence-corrected chi connectivity index (χ1v) is 12.2. The Morgan fingerprint density at radius 2 is 2.21 bits per heavy atom. The summed E-state index contributed by atoms with van der Waals surface area (Å²) in [5.74, 6) is 0.836. The molecule has 0 bridgehead atoms. The van der Waals surface area contributed by atoms with E-state index in [1.54, 1.807) is 18.4 Å². The van der Waals surface area contributed by atoms with Gasteiger partial charge in [0.15, 0.2) is 5.76 Å². The van der Waals surface area contributed by atoms with Crippen LogP contribution in [0.3, 0.4) is 0 Å². The van der Waals surface area contributed by atoms with Gasteiger partial charge in [0.05, 0.1) is 33.5 Å². The van der Waals surface area contributed by atoms with Crippen molar-refractivity contribution in [2.24, 2.45) is 0 Å². The van der Waals surface area contributed by atoms with Gasteiger partial charge in [-0.2, -0.15) is 11.3 Å². The first-order valence-electron chi connectivity index (χ1n) is 11.3. The first-order chi connectivity index (χ1) is 16.7. The number of aromatic amines is 1. The van der Waals surface area contributed by atoms with Crippen LogP contribution in [0.5, 0.6) is 5.75 Å². The molecule has 3 N–H and O–H groups in total. The van der Waals surface area contributed by atoms with E-state index in [2.05, 4.69) is 21.7 Å². The molecule has 0 fully saturated rings. The van der Waals surface area contributed by atoms with Gasteiger partial charge in [-0.3, -0.25) is 4.79 Å². The number of fused-ring (bicyclic) bond motifs is 1. The molecule has 182 valence electrons. The molecular formula is C25H30N2O6S. The van der Waals surface area contributed by atoms with E-state index in [0.717, 1.165) is 27.8 Å². The fourth-order valence-corrected chi connectivity index (χ4v) is 4.66. The summed E-state index contributed by atoms with van der Waals surface area (Å²) in [6.45, 7) is 1.37. The van der Waals surface area contributed by atoms with Gasteiger partial charge in [-0.05, 0) is 58.6 Å². The van der Waals surface area contributed by atoms with Crippen molar-refractivity contribution in [2.45, 2.75) is 25.0 Å². The van der Waals surface area contributed by atoms with Crippen molar-refractivity contribution in [1.29, 1.82) is 0 Å². The quantitative estimate of drug-likeness (QED) is 0.340. The summed E-state index contributed by atoms with van der Waals surface area (Å²) >= 11 is 1.62. The minimum absolute atomic E-state index is 0.0285. The van der Waals surface area contributed by atoms with Crippen molar-refractivity contribution < 1.29 is 28.8 Å². The Labute approximate surface area is 202 Å². The summed E-state index contributed by atoms with van der Waals surface area (Å²) in [5.41, 5.74) is 3.27. The second kappa shape index (κ2) is 12.0. The zero-order valence-electron chi connectivity index (χ0n) is 19.1. The predicted octanol–water partition coefficient (Wildman–Crippen LogP) is 3.34. The number of allylic oxidation sites excluding steroid dienone is 1. The van der Waals surface area contributed by atoms with Crippen LogP contribution in [0.1, 0.15) is 23.5 Å². The van der Waals surface area contributed by atoms with E-state index in [4.69, 9.17) is 24.1 Å². The molecule has 0 radical (unpaired) electrons. The molecule has 2 aromatic heterocycles. The molecule has 0 saturated carbocycles. The largest absolute Gasteiger partial charge is 0.497 e. The van der Waals surface area contributed by atoms with Crippen molar-refractivity contribution >= 4 is 28.1 Å². The predicted molar refractivity (Wildman–Crippen MR) is 130 cm³/mol. The minimum atomic E-state index is -0.547. The number of thiophene rings is 1. The minimum Gasteiger partial charge on any atom is -0.497 e. The number of ether oxygens (including phenoxy) is 4. The maximum atomic E-state index is 12.9. The van der Waals surface area contributed by atoms with Crippen LogP contribution in [0.25, 0.3) is 10.9 Å². The zero-order chi connectivity index (χ0) is 23.8. The van der Waals surface area contributed by atoms with Crippen molar-refractivity contribution in [2.75, 3.05) is 40.1 Å². The number of methoxy groups -OCH3 is 1. The number of hydrogen-bond donors (Lipinski definition) is 3. The van der Waals surface area contributed by atoms with Gasteiger partial charge in [-0.25, -0.2) is 0 Å². The molecule has 8 nitrogen and oxygen atoms in total. The molecule has 9 heteroatoms. The van der Waals surface area contributed by atoms with Crippen LogP contribution in [0, 0.1) is 0 Å². The topological polar surface area (TPSA) is 102 Å². The highest BCUT2D eigenvalue weighted by atomic mass is 32.1. The number of benzene rings is 1. The molecule has 3 heterocycles. The number of carbonyl (C=O) groups is 1. The van der Waals surface area contributed by atoms with Crippen LogP contribution >= 0.6 is 11.3 Å². The fourth-order valence-electron chi connectivity index (χ4n) is 3.93. The summed E-state index contributed by atoms with van der Waals surface area (Å²) in [5, 5.41) is 17.0. The standard InChI is InChI=1S/C25H30N2O6S/c1-30-20-2-3-22-21(14-20)17(15-27-22)4-6-26-25(29)23-12-19(18-5-11-34-16-18)13-24(33-23)32-10-9-31-8-7-28/h2-3,5,11-12,14-16,19,24,27-28H,4,6-10,13H2,1H3,(H,26,29)/t19-,24+/m0/s1. The van der Waals surface area contributed by atoms with Gasteiger partial charge in [0.2, 0.25) is 6.29 Å². The Kier molecular flexibility index (Phi) is 8.59. The number of aliphatic hydroxyl groups excluding tert-OH is 1.